The minimum Gasteiger partial charge on any atom is -0.387 e. The highest BCUT2D eigenvalue weighted by Crippen LogP contribution is 2.30. The predicted molar refractivity (Wildman–Crippen MR) is 86.9 cm³/mol. The van der Waals surface area contributed by atoms with E-state index in [0.717, 1.165) is 19.6 Å². The van der Waals surface area contributed by atoms with Crippen LogP contribution in [-0.4, -0.2) is 28.7 Å². The fourth-order valence-electron chi connectivity index (χ4n) is 2.90. The maximum Gasteiger partial charge on any atom is 0.0923 e. The standard InChI is InChI=1S/C19H23NO/c1-15(2)19(21)13-20(14-19)12-16-8-10-18(11-9-16)17-6-4-3-5-7-17/h3-11,15,21H,12-14H2,1-2H3. The number of hydrogen-bond donors (Lipinski definition) is 1. The highest BCUT2D eigenvalue weighted by atomic mass is 16.3. The average molecular weight is 281 g/mol. The summed E-state index contributed by atoms with van der Waals surface area (Å²) < 4.78 is 0. The highest BCUT2D eigenvalue weighted by molar-refractivity contribution is 5.63. The summed E-state index contributed by atoms with van der Waals surface area (Å²) >= 11 is 0. The molecule has 3 rings (SSSR count). The van der Waals surface area contributed by atoms with Gasteiger partial charge in [0.15, 0.2) is 0 Å². The molecule has 0 spiro atoms. The van der Waals surface area contributed by atoms with Gasteiger partial charge in [-0.25, -0.2) is 0 Å². The van der Waals surface area contributed by atoms with Gasteiger partial charge < -0.3 is 5.11 Å². The molecule has 1 heterocycles. The molecule has 21 heavy (non-hydrogen) atoms. The van der Waals surface area contributed by atoms with Gasteiger partial charge in [0.2, 0.25) is 0 Å². The fourth-order valence-corrected chi connectivity index (χ4v) is 2.90. The van der Waals surface area contributed by atoms with Gasteiger partial charge in [-0.2, -0.15) is 0 Å². The summed E-state index contributed by atoms with van der Waals surface area (Å²) in [5.74, 6) is 0.328. The molecule has 2 aromatic carbocycles. The van der Waals surface area contributed by atoms with E-state index < -0.39 is 5.60 Å². The smallest absolute Gasteiger partial charge is 0.0923 e. The highest BCUT2D eigenvalue weighted by Gasteiger charge is 2.43. The van der Waals surface area contributed by atoms with Crippen LogP contribution in [0.3, 0.4) is 0 Å². The number of β-amino-alcohol motifs (C(OH)–C–C–N with tert-alkyl or cyclic N) is 1. The van der Waals surface area contributed by atoms with Crippen LogP contribution in [0, 0.1) is 5.92 Å². The van der Waals surface area contributed by atoms with E-state index in [9.17, 15) is 5.11 Å². The zero-order valence-electron chi connectivity index (χ0n) is 12.8. The van der Waals surface area contributed by atoms with Crippen molar-refractivity contribution in [3.63, 3.8) is 0 Å². The van der Waals surface area contributed by atoms with E-state index >= 15 is 0 Å². The van der Waals surface area contributed by atoms with Crippen LogP contribution in [0.1, 0.15) is 19.4 Å². The zero-order chi connectivity index (χ0) is 14.9. The Morgan fingerprint density at radius 2 is 1.52 bits per heavy atom. The van der Waals surface area contributed by atoms with Crippen LogP contribution in [0.25, 0.3) is 11.1 Å². The molecule has 1 fully saturated rings. The SMILES string of the molecule is CC(C)C1(O)CN(Cc2ccc(-c3ccccc3)cc2)C1. The van der Waals surface area contributed by atoms with Crippen LogP contribution in [0.2, 0.25) is 0 Å². The summed E-state index contributed by atoms with van der Waals surface area (Å²) in [6.07, 6.45) is 0. The van der Waals surface area contributed by atoms with Crippen molar-refractivity contribution in [3.05, 3.63) is 60.2 Å². The first kappa shape index (κ1) is 14.3. The quantitative estimate of drug-likeness (QED) is 0.926. The number of aliphatic hydroxyl groups is 1. The van der Waals surface area contributed by atoms with E-state index in [2.05, 4.69) is 67.3 Å². The topological polar surface area (TPSA) is 23.5 Å². The fraction of sp³-hybridized carbons (Fsp3) is 0.368. The molecule has 110 valence electrons. The molecule has 2 aromatic rings. The van der Waals surface area contributed by atoms with Gasteiger partial charge in [0, 0.05) is 19.6 Å². The molecule has 0 aromatic heterocycles. The molecule has 0 aliphatic carbocycles. The molecule has 1 N–H and O–H groups in total. The van der Waals surface area contributed by atoms with Gasteiger partial charge >= 0.3 is 0 Å². The van der Waals surface area contributed by atoms with Gasteiger partial charge in [0.25, 0.3) is 0 Å². The lowest BCUT2D eigenvalue weighted by atomic mass is 9.83. The van der Waals surface area contributed by atoms with Crippen molar-refractivity contribution in [2.75, 3.05) is 13.1 Å². The second-order valence-corrected chi connectivity index (χ2v) is 6.47. The van der Waals surface area contributed by atoms with E-state index in [4.69, 9.17) is 0 Å². The predicted octanol–water partition coefficient (Wildman–Crippen LogP) is 3.56. The lowest BCUT2D eigenvalue weighted by molar-refractivity contribution is -0.130. The molecular weight excluding hydrogens is 258 g/mol. The summed E-state index contributed by atoms with van der Waals surface area (Å²) in [7, 11) is 0. The monoisotopic (exact) mass is 281 g/mol. The largest absolute Gasteiger partial charge is 0.387 e. The summed E-state index contributed by atoms with van der Waals surface area (Å²) in [6, 6.07) is 19.2. The van der Waals surface area contributed by atoms with Crippen molar-refractivity contribution >= 4 is 0 Å². The molecule has 2 nitrogen and oxygen atoms in total. The molecule has 0 amide bonds. The molecule has 1 aliphatic heterocycles. The maximum absolute atomic E-state index is 10.3. The van der Waals surface area contributed by atoms with Gasteiger partial charge in [-0.3, -0.25) is 4.90 Å². The molecular formula is C19H23NO. The van der Waals surface area contributed by atoms with Crippen LogP contribution in [-0.2, 0) is 6.54 Å². The minimum absolute atomic E-state index is 0.328. The van der Waals surface area contributed by atoms with Crippen molar-refractivity contribution in [2.24, 2.45) is 5.92 Å². The van der Waals surface area contributed by atoms with Crippen molar-refractivity contribution in [1.82, 2.24) is 4.90 Å². The third kappa shape index (κ3) is 3.02. The first-order chi connectivity index (χ1) is 10.1. The van der Waals surface area contributed by atoms with Gasteiger partial charge in [0.1, 0.15) is 0 Å². The average Bonchev–Trinajstić information content (AvgIpc) is 2.47. The lowest BCUT2D eigenvalue weighted by Gasteiger charge is -2.49. The van der Waals surface area contributed by atoms with E-state index in [1.165, 1.54) is 16.7 Å². The number of nitrogens with zero attached hydrogens (tertiary/aromatic N) is 1. The van der Waals surface area contributed by atoms with Gasteiger partial charge in [-0.05, 0) is 22.6 Å². The number of hydrogen-bond acceptors (Lipinski definition) is 2. The van der Waals surface area contributed by atoms with Crippen LogP contribution in [0.4, 0.5) is 0 Å². The normalized spacial score (nSPS) is 17.7. The Bertz CT molecular complexity index is 583. The lowest BCUT2D eigenvalue weighted by Crippen LogP contribution is -2.63. The van der Waals surface area contributed by atoms with Crippen molar-refractivity contribution < 1.29 is 5.11 Å². The Kier molecular flexibility index (Phi) is 3.83. The molecule has 1 aliphatic rings. The van der Waals surface area contributed by atoms with Crippen LogP contribution >= 0.6 is 0 Å². The van der Waals surface area contributed by atoms with E-state index in [-0.39, 0.29) is 0 Å². The molecule has 0 bridgehead atoms. The van der Waals surface area contributed by atoms with Gasteiger partial charge in [-0.15, -0.1) is 0 Å². The molecule has 1 saturated heterocycles. The van der Waals surface area contributed by atoms with E-state index in [0.29, 0.717) is 5.92 Å². The third-order valence-corrected chi connectivity index (χ3v) is 4.54. The van der Waals surface area contributed by atoms with Crippen molar-refractivity contribution in [3.8, 4) is 11.1 Å². The van der Waals surface area contributed by atoms with E-state index in [1.54, 1.807) is 0 Å². The molecule has 0 unspecified atom stereocenters. The van der Waals surface area contributed by atoms with E-state index in [1.807, 2.05) is 6.07 Å². The van der Waals surface area contributed by atoms with Crippen LogP contribution < -0.4 is 0 Å². The molecule has 0 atom stereocenters. The summed E-state index contributed by atoms with van der Waals surface area (Å²) in [5.41, 5.74) is 3.33. The van der Waals surface area contributed by atoms with Gasteiger partial charge in [0.05, 0.1) is 5.60 Å². The van der Waals surface area contributed by atoms with Gasteiger partial charge in [-0.1, -0.05) is 68.4 Å². The Balaban J connectivity index is 1.62. The maximum atomic E-state index is 10.3. The number of likely N-dealkylation sites (tertiary alicyclic amines) is 1. The Morgan fingerprint density at radius 3 is 2.10 bits per heavy atom. The minimum atomic E-state index is -0.482. The molecule has 0 radical (unpaired) electrons. The first-order valence-electron chi connectivity index (χ1n) is 7.66. The van der Waals surface area contributed by atoms with Crippen LogP contribution in [0.5, 0.6) is 0 Å². The molecule has 0 saturated carbocycles. The zero-order valence-corrected chi connectivity index (χ0v) is 12.8. The Labute approximate surface area is 127 Å². The first-order valence-corrected chi connectivity index (χ1v) is 7.66. The third-order valence-electron chi connectivity index (χ3n) is 4.54. The summed E-state index contributed by atoms with van der Waals surface area (Å²) in [5, 5.41) is 10.3. The summed E-state index contributed by atoms with van der Waals surface area (Å²) in [6.45, 7) is 6.66. The second kappa shape index (κ2) is 5.63. The Morgan fingerprint density at radius 1 is 0.952 bits per heavy atom. The Hall–Kier alpha value is -1.64. The second-order valence-electron chi connectivity index (χ2n) is 6.47. The molecule has 2 heteroatoms. The van der Waals surface area contributed by atoms with Crippen LogP contribution in [0.15, 0.2) is 54.6 Å². The summed E-state index contributed by atoms with van der Waals surface area (Å²) in [4.78, 5) is 2.30. The number of benzene rings is 2. The number of rotatable bonds is 4. The van der Waals surface area contributed by atoms with Crippen molar-refractivity contribution in [1.29, 1.82) is 0 Å². The van der Waals surface area contributed by atoms with Crippen molar-refractivity contribution in [2.45, 2.75) is 26.0 Å².